The lowest BCUT2D eigenvalue weighted by Gasteiger charge is -2.31. The maximum atomic E-state index is 6.13. The Morgan fingerprint density at radius 1 is 1.03 bits per heavy atom. The van der Waals surface area contributed by atoms with E-state index in [0.29, 0.717) is 0 Å². The van der Waals surface area contributed by atoms with Crippen LogP contribution in [0.5, 0.6) is 5.75 Å². The average Bonchev–Trinajstić information content (AvgIpc) is 3.40. The Morgan fingerprint density at radius 2 is 1.89 bits per heavy atom. The summed E-state index contributed by atoms with van der Waals surface area (Å²) in [6.07, 6.45) is 9.01. The van der Waals surface area contributed by atoms with Crippen LogP contribution in [-0.2, 0) is 13.0 Å². The highest BCUT2D eigenvalue weighted by atomic mass is 16.5. The maximum absolute atomic E-state index is 6.13. The molecule has 2 fully saturated rings. The number of rotatable bonds is 9. The van der Waals surface area contributed by atoms with Crippen LogP contribution in [0.2, 0.25) is 0 Å². The normalized spacial score (nSPS) is 17.4. The van der Waals surface area contributed by atoms with Crippen molar-refractivity contribution in [1.82, 2.24) is 19.7 Å². The van der Waals surface area contributed by atoms with Gasteiger partial charge in [0.1, 0.15) is 11.4 Å². The van der Waals surface area contributed by atoms with Gasteiger partial charge < -0.3 is 14.2 Å². The Hall–Kier alpha value is -3.06. The van der Waals surface area contributed by atoms with Gasteiger partial charge in [0.05, 0.1) is 23.5 Å². The topological polar surface area (TPSA) is 59.0 Å². The molecule has 4 aromatic rings. The molecule has 7 heteroatoms. The highest BCUT2D eigenvalue weighted by Gasteiger charge is 2.25. The van der Waals surface area contributed by atoms with E-state index in [-0.39, 0.29) is 0 Å². The minimum atomic E-state index is 0.719. The highest BCUT2D eigenvalue weighted by Crippen LogP contribution is 2.39. The molecule has 1 aliphatic carbocycles. The molecule has 3 aromatic heterocycles. The summed E-state index contributed by atoms with van der Waals surface area (Å²) in [5.74, 6) is 2.35. The number of aryl methyl sites for hydroxylation is 1. The quantitative estimate of drug-likeness (QED) is 0.334. The molecule has 0 unspecified atom stereocenters. The molecule has 0 amide bonds. The van der Waals surface area contributed by atoms with Crippen LogP contribution in [0.4, 0.5) is 5.69 Å². The molecular weight excluding hydrogens is 438 g/mol. The fourth-order valence-electron chi connectivity index (χ4n) is 5.37. The number of benzene rings is 1. The van der Waals surface area contributed by atoms with Crippen LogP contribution in [0.1, 0.15) is 43.5 Å². The molecule has 1 aromatic carbocycles. The third kappa shape index (κ3) is 4.74. The van der Waals surface area contributed by atoms with Crippen molar-refractivity contribution in [3.8, 4) is 5.75 Å². The van der Waals surface area contributed by atoms with Gasteiger partial charge in [0.25, 0.3) is 0 Å². The summed E-state index contributed by atoms with van der Waals surface area (Å²) in [5, 5.41) is 10.1. The lowest BCUT2D eigenvalue weighted by atomic mass is 9.91. The van der Waals surface area contributed by atoms with E-state index in [2.05, 4.69) is 61.0 Å². The van der Waals surface area contributed by atoms with E-state index in [1.807, 2.05) is 20.3 Å². The Balaban J connectivity index is 1.07. The lowest BCUT2D eigenvalue weighted by molar-refractivity contribution is 0.169. The van der Waals surface area contributed by atoms with Crippen molar-refractivity contribution in [3.63, 3.8) is 0 Å². The molecule has 6 rings (SSSR count). The smallest absolute Gasteiger partial charge is 0.194 e. The summed E-state index contributed by atoms with van der Waals surface area (Å²) in [7, 11) is 4.09. The minimum absolute atomic E-state index is 0.719. The van der Waals surface area contributed by atoms with E-state index < -0.39 is 0 Å². The van der Waals surface area contributed by atoms with Crippen LogP contribution >= 0.6 is 0 Å². The lowest BCUT2D eigenvalue weighted by Crippen LogP contribution is -2.34. The van der Waals surface area contributed by atoms with E-state index in [9.17, 15) is 0 Å². The molecule has 1 saturated heterocycles. The Labute approximate surface area is 206 Å². The summed E-state index contributed by atoms with van der Waals surface area (Å²) in [5.41, 5.74) is 5.35. The zero-order valence-electron chi connectivity index (χ0n) is 20.8. The van der Waals surface area contributed by atoms with Gasteiger partial charge in [0, 0.05) is 32.2 Å². The van der Waals surface area contributed by atoms with Crippen molar-refractivity contribution in [2.45, 2.75) is 45.1 Å². The summed E-state index contributed by atoms with van der Waals surface area (Å²) < 4.78 is 14.1. The average molecular weight is 474 g/mol. The predicted octanol–water partition coefficient (Wildman–Crippen LogP) is 5.18. The molecule has 1 aliphatic heterocycles. The summed E-state index contributed by atoms with van der Waals surface area (Å²) in [4.78, 5) is 4.64. The first kappa shape index (κ1) is 22.4. The second kappa shape index (κ2) is 9.53. The van der Waals surface area contributed by atoms with Gasteiger partial charge in [-0.1, -0.05) is 11.2 Å². The molecule has 4 heterocycles. The summed E-state index contributed by atoms with van der Waals surface area (Å²) in [6.45, 7) is 4.02. The second-order valence-corrected chi connectivity index (χ2v) is 10.5. The molecule has 0 spiro atoms. The van der Waals surface area contributed by atoms with Crippen LogP contribution in [0.15, 0.2) is 47.1 Å². The molecule has 184 valence electrons. The van der Waals surface area contributed by atoms with Crippen LogP contribution in [0.25, 0.3) is 16.5 Å². The second-order valence-electron chi connectivity index (χ2n) is 10.5. The molecule has 7 nitrogen and oxygen atoms in total. The minimum Gasteiger partial charge on any atom is -0.491 e. The SMILES string of the molecule is CN(C)c1c(OCC2CC2)ccc2c(CCC3CCN(Cc4cccc5ccnn45)CC3)noc12. The number of anilines is 1. The zero-order valence-corrected chi connectivity index (χ0v) is 20.8. The number of aromatic nitrogens is 3. The van der Waals surface area contributed by atoms with Crippen LogP contribution in [-0.4, -0.2) is 53.5 Å². The molecule has 0 atom stereocenters. The van der Waals surface area contributed by atoms with Crippen molar-refractivity contribution in [1.29, 1.82) is 0 Å². The van der Waals surface area contributed by atoms with Gasteiger partial charge in [-0.15, -0.1) is 0 Å². The number of ether oxygens (including phenoxy) is 1. The highest BCUT2D eigenvalue weighted by molar-refractivity contribution is 5.94. The van der Waals surface area contributed by atoms with Gasteiger partial charge in [-0.25, -0.2) is 4.52 Å². The monoisotopic (exact) mass is 473 g/mol. The van der Waals surface area contributed by atoms with Crippen molar-refractivity contribution in [3.05, 3.63) is 54.0 Å². The fraction of sp³-hybridized carbons (Fsp3) is 0.500. The van der Waals surface area contributed by atoms with Crippen LogP contribution in [0, 0.1) is 11.8 Å². The number of nitrogens with zero attached hydrogens (tertiary/aromatic N) is 5. The first-order chi connectivity index (χ1) is 17.2. The molecule has 1 saturated carbocycles. The van der Waals surface area contributed by atoms with E-state index in [0.717, 1.165) is 84.5 Å². The van der Waals surface area contributed by atoms with Gasteiger partial charge in [-0.05, 0) is 93.8 Å². The third-order valence-corrected chi connectivity index (χ3v) is 7.65. The van der Waals surface area contributed by atoms with Crippen LogP contribution in [0.3, 0.4) is 0 Å². The number of pyridine rings is 1. The molecule has 0 bridgehead atoms. The van der Waals surface area contributed by atoms with E-state index in [4.69, 9.17) is 9.26 Å². The number of hydrogen-bond acceptors (Lipinski definition) is 6. The van der Waals surface area contributed by atoms with E-state index >= 15 is 0 Å². The predicted molar refractivity (Wildman–Crippen MR) is 138 cm³/mol. The number of fused-ring (bicyclic) bond motifs is 2. The van der Waals surface area contributed by atoms with Crippen molar-refractivity contribution >= 4 is 22.2 Å². The van der Waals surface area contributed by atoms with E-state index in [1.54, 1.807) is 0 Å². The van der Waals surface area contributed by atoms with E-state index in [1.165, 1.54) is 31.4 Å². The summed E-state index contributed by atoms with van der Waals surface area (Å²) in [6, 6.07) is 12.7. The first-order valence-electron chi connectivity index (χ1n) is 13.0. The number of piperidine rings is 1. The van der Waals surface area contributed by atoms with Gasteiger partial charge in [-0.2, -0.15) is 5.10 Å². The molecule has 2 aliphatic rings. The largest absolute Gasteiger partial charge is 0.491 e. The summed E-state index contributed by atoms with van der Waals surface area (Å²) >= 11 is 0. The number of likely N-dealkylation sites (tertiary alicyclic amines) is 1. The standard InChI is InChI=1S/C28H35N5O2/c1-31(2)27-26(34-19-21-6-7-21)11-9-24-25(30-35-28(24)27)10-8-20-13-16-32(17-14-20)18-23-5-3-4-22-12-15-29-33(22)23/h3-5,9,11-12,15,20-21H,6-8,10,13-14,16-19H2,1-2H3. The van der Waals surface area contributed by atoms with Crippen LogP contribution < -0.4 is 9.64 Å². The Morgan fingerprint density at radius 3 is 2.69 bits per heavy atom. The first-order valence-corrected chi connectivity index (χ1v) is 13.0. The zero-order chi connectivity index (χ0) is 23.8. The number of hydrogen-bond donors (Lipinski definition) is 0. The van der Waals surface area contributed by atoms with Gasteiger partial charge in [-0.3, -0.25) is 4.90 Å². The van der Waals surface area contributed by atoms with Gasteiger partial charge >= 0.3 is 0 Å². The molecule has 0 radical (unpaired) electrons. The third-order valence-electron chi connectivity index (χ3n) is 7.65. The van der Waals surface area contributed by atoms with Gasteiger partial charge in [0.2, 0.25) is 0 Å². The van der Waals surface area contributed by atoms with Gasteiger partial charge in [0.15, 0.2) is 5.58 Å². The molecular formula is C28H35N5O2. The van der Waals surface area contributed by atoms with Crippen molar-refractivity contribution in [2.24, 2.45) is 11.8 Å². The molecule has 0 N–H and O–H groups in total. The van der Waals surface area contributed by atoms with Crippen molar-refractivity contribution < 1.29 is 9.26 Å². The molecule has 35 heavy (non-hydrogen) atoms. The van der Waals surface area contributed by atoms with Crippen molar-refractivity contribution in [2.75, 3.05) is 38.7 Å². The fourth-order valence-corrected chi connectivity index (χ4v) is 5.37. The maximum Gasteiger partial charge on any atom is 0.194 e. The Kier molecular flexibility index (Phi) is 6.10. The Bertz CT molecular complexity index is 1300.